The van der Waals surface area contributed by atoms with E-state index in [0.29, 0.717) is 11.3 Å². The second-order valence-corrected chi connectivity index (χ2v) is 7.97. The number of carbonyl (C=O) groups excluding carboxylic acids is 1. The normalized spacial score (nSPS) is 11.0. The van der Waals surface area contributed by atoms with Gasteiger partial charge in [0.15, 0.2) is 0 Å². The summed E-state index contributed by atoms with van der Waals surface area (Å²) in [4.78, 5) is 26.7. The fraction of sp³-hybridized carbons (Fsp3) is 0.0741. The second-order valence-electron chi connectivity index (χ2n) is 7.97. The Bertz CT molecular complexity index is 1550. The summed E-state index contributed by atoms with van der Waals surface area (Å²) in [5, 5.41) is 22.7. The first kappa shape index (κ1) is 24.8. The number of nitriles is 1. The van der Waals surface area contributed by atoms with Gasteiger partial charge in [0.05, 0.1) is 10.6 Å². The number of pyridine rings is 1. The van der Waals surface area contributed by atoms with E-state index in [1.807, 2.05) is 42.7 Å². The summed E-state index contributed by atoms with van der Waals surface area (Å²) in [5.41, 5.74) is 2.82. The van der Waals surface area contributed by atoms with Crippen LogP contribution in [0.25, 0.3) is 11.8 Å². The van der Waals surface area contributed by atoms with Crippen molar-refractivity contribution in [2.24, 2.45) is 0 Å². The average Bonchev–Trinajstić information content (AvgIpc) is 3.17. The van der Waals surface area contributed by atoms with Gasteiger partial charge < -0.3 is 14.6 Å². The molecule has 184 valence electrons. The molecular formula is C27H20FN5O4. The molecule has 1 N–H and O–H groups in total. The van der Waals surface area contributed by atoms with Crippen LogP contribution in [0.3, 0.4) is 0 Å². The number of carbonyl (C=O) groups is 1. The highest BCUT2D eigenvalue weighted by atomic mass is 19.1. The maximum absolute atomic E-state index is 13.9. The minimum Gasteiger partial charge on any atom is -0.439 e. The zero-order chi connectivity index (χ0) is 26.5. The molecule has 0 aliphatic heterocycles. The Balaban J connectivity index is 1.54. The molecule has 0 saturated heterocycles. The first-order valence-electron chi connectivity index (χ1n) is 11.0. The standard InChI is InChI=1S/C27H20FN5O4/c1-17-13-19(14-20(15-29)27(34)31-25-6-4-3-5-24(25)28)18(2)32(17)21-7-10-23(11-8-21)37-26-12-9-22(16-30-26)33(35)36/h3-14,16H,1-2H3,(H,31,34)/b20-14+. The maximum atomic E-state index is 13.9. The quantitative estimate of drug-likeness (QED) is 0.147. The molecule has 0 bridgehead atoms. The van der Waals surface area contributed by atoms with Gasteiger partial charge >= 0.3 is 0 Å². The number of para-hydroxylation sites is 1. The zero-order valence-corrected chi connectivity index (χ0v) is 19.8. The van der Waals surface area contributed by atoms with Gasteiger partial charge in [-0.05, 0) is 68.0 Å². The van der Waals surface area contributed by atoms with Gasteiger partial charge in [-0.15, -0.1) is 0 Å². The lowest BCUT2D eigenvalue weighted by molar-refractivity contribution is -0.385. The Morgan fingerprint density at radius 1 is 1.16 bits per heavy atom. The van der Waals surface area contributed by atoms with Gasteiger partial charge in [0.25, 0.3) is 11.6 Å². The van der Waals surface area contributed by atoms with Crippen LogP contribution in [0.5, 0.6) is 11.6 Å². The molecule has 2 aromatic heterocycles. The van der Waals surface area contributed by atoms with E-state index >= 15 is 0 Å². The lowest BCUT2D eigenvalue weighted by Crippen LogP contribution is -2.14. The number of hydrogen-bond acceptors (Lipinski definition) is 6. The predicted octanol–water partition coefficient (Wildman–Crippen LogP) is 5.87. The molecule has 10 heteroatoms. The highest BCUT2D eigenvalue weighted by molar-refractivity contribution is 6.09. The number of rotatable bonds is 7. The molecule has 0 fully saturated rings. The smallest absolute Gasteiger partial charge is 0.287 e. The zero-order valence-electron chi connectivity index (χ0n) is 19.8. The van der Waals surface area contributed by atoms with Gasteiger partial charge in [0.2, 0.25) is 5.88 Å². The molecule has 2 heterocycles. The number of ether oxygens (including phenoxy) is 1. The molecule has 37 heavy (non-hydrogen) atoms. The van der Waals surface area contributed by atoms with Crippen molar-refractivity contribution in [2.45, 2.75) is 13.8 Å². The number of hydrogen-bond donors (Lipinski definition) is 1. The molecule has 0 radical (unpaired) electrons. The molecule has 0 unspecified atom stereocenters. The van der Waals surface area contributed by atoms with E-state index in [9.17, 15) is 24.6 Å². The van der Waals surface area contributed by atoms with Gasteiger partial charge in [-0.3, -0.25) is 14.9 Å². The third-order valence-corrected chi connectivity index (χ3v) is 5.51. The first-order chi connectivity index (χ1) is 17.8. The molecule has 9 nitrogen and oxygen atoms in total. The predicted molar refractivity (Wildman–Crippen MR) is 135 cm³/mol. The van der Waals surface area contributed by atoms with Gasteiger partial charge in [0, 0.05) is 29.2 Å². The fourth-order valence-electron chi connectivity index (χ4n) is 3.71. The van der Waals surface area contributed by atoms with Gasteiger partial charge in [-0.1, -0.05) is 12.1 Å². The lowest BCUT2D eigenvalue weighted by atomic mass is 10.1. The molecule has 4 aromatic rings. The molecular weight excluding hydrogens is 477 g/mol. The van der Waals surface area contributed by atoms with Crippen LogP contribution in [0.15, 0.2) is 78.5 Å². The van der Waals surface area contributed by atoms with Crippen molar-refractivity contribution in [2.75, 3.05) is 5.32 Å². The van der Waals surface area contributed by atoms with Crippen LogP contribution in [-0.2, 0) is 4.79 Å². The van der Waals surface area contributed by atoms with Crippen LogP contribution in [-0.4, -0.2) is 20.4 Å². The van der Waals surface area contributed by atoms with Gasteiger partial charge in [0.1, 0.15) is 29.4 Å². The van der Waals surface area contributed by atoms with Crippen LogP contribution < -0.4 is 10.1 Å². The van der Waals surface area contributed by atoms with E-state index < -0.39 is 16.6 Å². The number of aromatic nitrogens is 2. The van der Waals surface area contributed by atoms with E-state index in [2.05, 4.69) is 10.3 Å². The minimum absolute atomic E-state index is 0.00893. The van der Waals surface area contributed by atoms with Crippen molar-refractivity contribution in [3.8, 4) is 23.4 Å². The van der Waals surface area contributed by atoms with E-state index in [1.54, 1.807) is 18.2 Å². The molecule has 2 aromatic carbocycles. The summed E-state index contributed by atoms with van der Waals surface area (Å²) in [6.07, 6.45) is 2.59. The SMILES string of the molecule is Cc1cc(/C=C(\C#N)C(=O)Nc2ccccc2F)c(C)n1-c1ccc(Oc2ccc([N+](=O)[O-])cn2)cc1. The van der Waals surface area contributed by atoms with E-state index in [0.717, 1.165) is 23.3 Å². The van der Waals surface area contributed by atoms with Crippen molar-refractivity contribution >= 4 is 23.4 Å². The molecule has 0 saturated carbocycles. The number of halogens is 1. The molecule has 0 aliphatic rings. The third-order valence-electron chi connectivity index (χ3n) is 5.51. The summed E-state index contributed by atoms with van der Waals surface area (Å²) < 4.78 is 21.5. The van der Waals surface area contributed by atoms with Crippen molar-refractivity contribution in [3.63, 3.8) is 0 Å². The Labute approximate surface area is 211 Å². The van der Waals surface area contributed by atoms with Crippen molar-refractivity contribution < 1.29 is 18.8 Å². The third kappa shape index (κ3) is 5.52. The molecule has 0 atom stereocenters. The van der Waals surface area contributed by atoms with Crippen LogP contribution in [0.2, 0.25) is 0 Å². The maximum Gasteiger partial charge on any atom is 0.287 e. The molecule has 1 amide bonds. The van der Waals surface area contributed by atoms with Crippen molar-refractivity contribution in [3.05, 3.63) is 111 Å². The van der Waals surface area contributed by atoms with Crippen LogP contribution in [0, 0.1) is 41.1 Å². The lowest BCUT2D eigenvalue weighted by Gasteiger charge is -2.11. The number of nitrogens with one attached hydrogen (secondary N) is 1. The number of nitrogens with zero attached hydrogens (tertiary/aromatic N) is 4. The van der Waals surface area contributed by atoms with Crippen molar-refractivity contribution in [1.82, 2.24) is 9.55 Å². The average molecular weight is 497 g/mol. The topological polar surface area (TPSA) is 123 Å². The Kier molecular flexibility index (Phi) is 7.06. The molecule has 4 rings (SSSR count). The van der Waals surface area contributed by atoms with E-state index in [1.165, 1.54) is 36.4 Å². The number of nitro groups is 1. The Morgan fingerprint density at radius 2 is 1.89 bits per heavy atom. The molecule has 0 aliphatic carbocycles. The van der Waals surface area contributed by atoms with Gasteiger partial charge in [-0.25, -0.2) is 9.37 Å². The summed E-state index contributed by atoms with van der Waals surface area (Å²) in [6, 6.07) is 19.3. The van der Waals surface area contributed by atoms with Crippen LogP contribution in [0.1, 0.15) is 17.0 Å². The summed E-state index contributed by atoms with van der Waals surface area (Å²) in [6.45, 7) is 3.74. The Hall–Kier alpha value is -5.30. The van der Waals surface area contributed by atoms with E-state index in [4.69, 9.17) is 4.74 Å². The highest BCUT2D eigenvalue weighted by Crippen LogP contribution is 2.27. The number of anilines is 1. The minimum atomic E-state index is -0.709. The number of aryl methyl sites for hydroxylation is 1. The van der Waals surface area contributed by atoms with Crippen LogP contribution in [0.4, 0.5) is 15.8 Å². The largest absolute Gasteiger partial charge is 0.439 e. The fourth-order valence-corrected chi connectivity index (χ4v) is 3.71. The van der Waals surface area contributed by atoms with Gasteiger partial charge in [-0.2, -0.15) is 5.26 Å². The Morgan fingerprint density at radius 3 is 2.51 bits per heavy atom. The second kappa shape index (κ2) is 10.5. The summed E-state index contributed by atoms with van der Waals surface area (Å²) >= 11 is 0. The summed E-state index contributed by atoms with van der Waals surface area (Å²) in [5.74, 6) is -0.595. The monoisotopic (exact) mass is 497 g/mol. The van der Waals surface area contributed by atoms with Crippen LogP contribution >= 0.6 is 0 Å². The number of amides is 1. The van der Waals surface area contributed by atoms with Crippen molar-refractivity contribution in [1.29, 1.82) is 5.26 Å². The first-order valence-corrected chi connectivity index (χ1v) is 11.0. The summed E-state index contributed by atoms with van der Waals surface area (Å²) in [7, 11) is 0. The highest BCUT2D eigenvalue weighted by Gasteiger charge is 2.15. The molecule has 0 spiro atoms. The number of benzene rings is 2. The van der Waals surface area contributed by atoms with E-state index in [-0.39, 0.29) is 22.8 Å².